The molecule has 226 valence electrons. The number of hydrogen-bond donors (Lipinski definition) is 1. The Balaban J connectivity index is 1.65. The van der Waals surface area contributed by atoms with E-state index in [0.29, 0.717) is 65.9 Å². The zero-order valence-corrected chi connectivity index (χ0v) is 23.4. The van der Waals surface area contributed by atoms with E-state index >= 15 is 0 Å². The van der Waals surface area contributed by atoms with Crippen LogP contribution in [-0.2, 0) is 20.6 Å². The minimum atomic E-state index is -4.82. The monoisotopic (exact) mass is 620 g/mol. The molecule has 0 radical (unpaired) electrons. The number of aliphatic carboxylic acids is 1. The number of nitro benzene ring substituents is 1. The molecule has 0 atom stereocenters. The molecule has 1 heterocycles. The first kappa shape index (κ1) is 30.1. The Morgan fingerprint density at radius 3 is 2.16 bits per heavy atom. The van der Waals surface area contributed by atoms with Crippen molar-refractivity contribution < 1.29 is 47.1 Å². The van der Waals surface area contributed by atoms with Gasteiger partial charge < -0.3 is 19.5 Å². The number of nitrogens with zero attached hydrogens (tertiary/aromatic N) is 2. The fraction of sp³-hybridized carbons (Fsp3) is 0.345. The summed E-state index contributed by atoms with van der Waals surface area (Å²) in [7, 11) is 1.26. The summed E-state index contributed by atoms with van der Waals surface area (Å²) in [6, 6.07) is 4.64. The molecule has 0 bridgehead atoms. The van der Waals surface area contributed by atoms with Crippen LogP contribution in [0.15, 0.2) is 52.9 Å². The van der Waals surface area contributed by atoms with Crippen LogP contribution in [0.25, 0.3) is 0 Å². The van der Waals surface area contributed by atoms with Crippen LogP contribution in [0, 0.1) is 10.1 Å². The highest BCUT2D eigenvalue weighted by Gasteiger charge is 2.44. The molecule has 0 spiro atoms. The number of rotatable bonds is 7. The van der Waals surface area contributed by atoms with E-state index in [2.05, 4.69) is 0 Å². The number of halogens is 4. The van der Waals surface area contributed by atoms with E-state index in [4.69, 9.17) is 21.1 Å². The Hall–Kier alpha value is -4.39. The third-order valence-electron chi connectivity index (χ3n) is 7.66. The van der Waals surface area contributed by atoms with E-state index < -0.39 is 46.5 Å². The SMILES string of the molecule is COc1cc(C2C3=C(CCCC3=O)N(CC(=O)O)C3=C2C(=O)CCC3)cc(Cl)c1Oc1ccc(C(F)(F)F)cc1[N+](=O)[O-]. The number of ketones is 2. The number of benzene rings is 2. The number of carboxylic acids is 1. The summed E-state index contributed by atoms with van der Waals surface area (Å²) in [5, 5.41) is 21.1. The summed E-state index contributed by atoms with van der Waals surface area (Å²) in [5.41, 5.74) is -0.152. The van der Waals surface area contributed by atoms with Crippen molar-refractivity contribution in [2.75, 3.05) is 13.7 Å². The van der Waals surface area contributed by atoms with Gasteiger partial charge in [-0.1, -0.05) is 11.6 Å². The van der Waals surface area contributed by atoms with Gasteiger partial charge in [-0.2, -0.15) is 13.2 Å². The number of carboxylic acid groups (broad SMARTS) is 1. The molecular formula is C29H24ClF3N2O8. The first-order valence-corrected chi connectivity index (χ1v) is 13.6. The zero-order valence-electron chi connectivity index (χ0n) is 22.6. The normalized spacial score (nSPS) is 17.6. The van der Waals surface area contributed by atoms with Gasteiger partial charge in [-0.15, -0.1) is 0 Å². The van der Waals surface area contributed by atoms with E-state index in [1.807, 2.05) is 0 Å². The molecule has 14 heteroatoms. The molecule has 1 N–H and O–H groups in total. The topological polar surface area (TPSA) is 136 Å². The van der Waals surface area contributed by atoms with Crippen LogP contribution in [0.2, 0.25) is 5.02 Å². The van der Waals surface area contributed by atoms with Crippen LogP contribution in [0.3, 0.4) is 0 Å². The number of alkyl halides is 3. The number of nitro groups is 1. The lowest BCUT2D eigenvalue weighted by molar-refractivity contribution is -0.385. The van der Waals surface area contributed by atoms with Gasteiger partial charge >= 0.3 is 17.8 Å². The maximum absolute atomic E-state index is 13.4. The largest absolute Gasteiger partial charge is 0.493 e. The average Bonchev–Trinajstić information content (AvgIpc) is 2.94. The number of carbonyl (C=O) groups is 3. The first-order chi connectivity index (χ1) is 20.3. The van der Waals surface area contributed by atoms with Gasteiger partial charge in [0.2, 0.25) is 5.75 Å². The smallest absolute Gasteiger partial charge is 0.416 e. The van der Waals surface area contributed by atoms with Crippen molar-refractivity contribution in [1.82, 2.24) is 4.90 Å². The maximum Gasteiger partial charge on any atom is 0.416 e. The number of methoxy groups -OCH3 is 1. The summed E-state index contributed by atoms with van der Waals surface area (Å²) in [5.74, 6) is -3.27. The fourth-order valence-corrected chi connectivity index (χ4v) is 6.17. The van der Waals surface area contributed by atoms with Crippen molar-refractivity contribution in [3.05, 3.63) is 79.1 Å². The first-order valence-electron chi connectivity index (χ1n) is 13.2. The highest BCUT2D eigenvalue weighted by atomic mass is 35.5. The van der Waals surface area contributed by atoms with Gasteiger partial charge in [0.05, 0.1) is 22.6 Å². The number of carbonyl (C=O) groups excluding carboxylic acids is 2. The van der Waals surface area contributed by atoms with Crippen molar-refractivity contribution in [1.29, 1.82) is 0 Å². The molecule has 2 aromatic carbocycles. The quantitative estimate of drug-likeness (QED) is 0.269. The molecule has 0 amide bonds. The second-order valence-electron chi connectivity index (χ2n) is 10.3. The number of hydrogen-bond acceptors (Lipinski definition) is 8. The van der Waals surface area contributed by atoms with Crippen LogP contribution in [-0.4, -0.2) is 46.1 Å². The van der Waals surface area contributed by atoms with Crippen LogP contribution in [0.1, 0.15) is 55.6 Å². The molecule has 1 aliphatic heterocycles. The van der Waals surface area contributed by atoms with Gasteiger partial charge in [-0.25, -0.2) is 0 Å². The highest BCUT2D eigenvalue weighted by molar-refractivity contribution is 6.32. The summed E-state index contributed by atoms with van der Waals surface area (Å²) in [6.07, 6.45) is -2.53. The Morgan fingerprint density at radius 1 is 1.05 bits per heavy atom. The van der Waals surface area contributed by atoms with Gasteiger partial charge in [0, 0.05) is 47.4 Å². The Morgan fingerprint density at radius 2 is 1.65 bits per heavy atom. The van der Waals surface area contributed by atoms with Crippen LogP contribution in [0.4, 0.5) is 18.9 Å². The predicted octanol–water partition coefficient (Wildman–Crippen LogP) is 6.57. The van der Waals surface area contributed by atoms with Crippen molar-refractivity contribution in [2.24, 2.45) is 0 Å². The van der Waals surface area contributed by atoms with E-state index in [1.165, 1.54) is 19.2 Å². The van der Waals surface area contributed by atoms with E-state index in [-0.39, 0.29) is 40.9 Å². The van der Waals surface area contributed by atoms with E-state index in [0.717, 1.165) is 6.07 Å². The standard InChI is InChI=1S/C29H24ClF3N2O8/c1-42-23-11-14(10-16(30)28(23)43-22-9-8-15(29(31,32)33)12-19(22)35(40)41)25-26-17(4-2-6-20(26)36)34(13-24(38)39)18-5-3-7-21(37)27(18)25/h8-12,25H,2-7,13H2,1H3,(H,38,39). The second kappa shape index (κ2) is 11.4. The lowest BCUT2D eigenvalue weighted by Crippen LogP contribution is -2.41. The average molecular weight is 621 g/mol. The molecule has 0 aromatic heterocycles. The Bertz CT molecular complexity index is 1590. The van der Waals surface area contributed by atoms with Gasteiger partial charge in [-0.3, -0.25) is 24.5 Å². The maximum atomic E-state index is 13.4. The fourth-order valence-electron chi connectivity index (χ4n) is 5.91. The van der Waals surface area contributed by atoms with Gasteiger partial charge in [0.15, 0.2) is 23.1 Å². The van der Waals surface area contributed by atoms with Crippen molar-refractivity contribution in [3.8, 4) is 17.2 Å². The molecule has 43 heavy (non-hydrogen) atoms. The van der Waals surface area contributed by atoms with Crippen molar-refractivity contribution >= 4 is 34.8 Å². The molecular weight excluding hydrogens is 597 g/mol. The molecule has 2 aliphatic carbocycles. The number of allylic oxidation sites excluding steroid dienone is 4. The molecule has 10 nitrogen and oxygen atoms in total. The van der Waals surface area contributed by atoms with Crippen LogP contribution in [0.5, 0.6) is 17.2 Å². The van der Waals surface area contributed by atoms with E-state index in [1.54, 1.807) is 4.90 Å². The molecule has 0 saturated heterocycles. The molecule has 3 aliphatic rings. The third kappa shape index (κ3) is 5.56. The summed E-state index contributed by atoms with van der Waals surface area (Å²) in [6.45, 7) is -0.409. The van der Waals surface area contributed by atoms with Crippen molar-refractivity contribution in [2.45, 2.75) is 50.6 Å². The predicted molar refractivity (Wildman–Crippen MR) is 145 cm³/mol. The van der Waals surface area contributed by atoms with Crippen LogP contribution >= 0.6 is 11.6 Å². The number of ether oxygens (including phenoxy) is 2. The highest BCUT2D eigenvalue weighted by Crippen LogP contribution is 2.52. The Labute approximate surface area is 247 Å². The summed E-state index contributed by atoms with van der Waals surface area (Å²) >= 11 is 6.59. The van der Waals surface area contributed by atoms with Gasteiger partial charge in [-0.05, 0) is 55.5 Å². The third-order valence-corrected chi connectivity index (χ3v) is 7.94. The lowest BCUT2D eigenvalue weighted by atomic mass is 9.71. The molecule has 0 unspecified atom stereocenters. The summed E-state index contributed by atoms with van der Waals surface area (Å²) < 4.78 is 50.7. The molecule has 5 rings (SSSR count). The Kier molecular flexibility index (Phi) is 7.95. The summed E-state index contributed by atoms with van der Waals surface area (Å²) in [4.78, 5) is 50.7. The van der Waals surface area contributed by atoms with Gasteiger partial charge in [0.25, 0.3) is 0 Å². The van der Waals surface area contributed by atoms with Gasteiger partial charge in [0.1, 0.15) is 6.54 Å². The van der Waals surface area contributed by atoms with Crippen LogP contribution < -0.4 is 9.47 Å². The second-order valence-corrected chi connectivity index (χ2v) is 10.7. The lowest BCUT2D eigenvalue weighted by Gasteiger charge is -2.43. The minimum absolute atomic E-state index is 0.0551. The molecule has 0 fully saturated rings. The minimum Gasteiger partial charge on any atom is -0.493 e. The zero-order chi connectivity index (χ0) is 31.2. The van der Waals surface area contributed by atoms with Crippen molar-refractivity contribution in [3.63, 3.8) is 0 Å². The van der Waals surface area contributed by atoms with E-state index in [9.17, 15) is 42.8 Å². The number of Topliss-reactive ketones (excluding diaryl/α,β-unsaturated/α-hetero) is 2. The molecule has 2 aromatic rings. The molecule has 0 saturated carbocycles.